The second-order valence-electron chi connectivity index (χ2n) is 5.93. The van der Waals surface area contributed by atoms with Crippen LogP contribution in [0.25, 0.3) is 17.4 Å². The third-order valence-corrected chi connectivity index (χ3v) is 5.33. The molecule has 1 aliphatic rings. The summed E-state index contributed by atoms with van der Waals surface area (Å²) in [4.78, 5) is 48.2. The van der Waals surface area contributed by atoms with E-state index in [2.05, 4.69) is 4.74 Å². The average molecular weight is 435 g/mol. The van der Waals surface area contributed by atoms with Crippen LogP contribution in [0.4, 0.5) is 4.79 Å². The molecule has 3 rings (SSSR count). The number of ether oxygens (including phenoxy) is 1. The molecule has 1 aromatic heterocycles. The van der Waals surface area contributed by atoms with E-state index >= 15 is 0 Å². The molecule has 0 radical (unpaired) electrons. The molecule has 0 spiro atoms. The van der Waals surface area contributed by atoms with E-state index in [-0.39, 0.29) is 27.0 Å². The van der Waals surface area contributed by atoms with Gasteiger partial charge in [-0.3, -0.25) is 14.5 Å². The van der Waals surface area contributed by atoms with Gasteiger partial charge in [0.1, 0.15) is 17.6 Å². The number of furan rings is 1. The lowest BCUT2D eigenvalue weighted by atomic mass is 10.1. The first-order chi connectivity index (χ1) is 13.7. The summed E-state index contributed by atoms with van der Waals surface area (Å²) in [5.74, 6) is -2.20. The van der Waals surface area contributed by atoms with Crippen LogP contribution < -0.4 is 5.11 Å². The number of imide groups is 1. The van der Waals surface area contributed by atoms with Crippen LogP contribution in [0.2, 0.25) is 5.02 Å². The van der Waals surface area contributed by atoms with Gasteiger partial charge in [-0.05, 0) is 48.5 Å². The first-order valence-electron chi connectivity index (χ1n) is 8.19. The minimum Gasteiger partial charge on any atom is -0.545 e. The molecule has 1 saturated heterocycles. The van der Waals surface area contributed by atoms with Crippen molar-refractivity contribution in [1.29, 1.82) is 0 Å². The molecule has 0 saturated carbocycles. The third-order valence-electron chi connectivity index (χ3n) is 4.12. The molecular formula is C19H13ClNO7S-. The molecule has 1 fully saturated rings. The second-order valence-corrected chi connectivity index (χ2v) is 7.34. The van der Waals surface area contributed by atoms with Gasteiger partial charge in [0.25, 0.3) is 11.1 Å². The molecule has 1 atom stereocenters. The van der Waals surface area contributed by atoms with Gasteiger partial charge < -0.3 is 19.1 Å². The molecule has 1 aliphatic heterocycles. The van der Waals surface area contributed by atoms with E-state index in [4.69, 9.17) is 16.0 Å². The summed E-state index contributed by atoms with van der Waals surface area (Å²) in [7, 11) is 1.17. The van der Waals surface area contributed by atoms with Crippen LogP contribution in [0.3, 0.4) is 0 Å². The number of carboxylic acid groups (broad SMARTS) is 1. The highest BCUT2D eigenvalue weighted by Crippen LogP contribution is 2.35. The van der Waals surface area contributed by atoms with Crippen LogP contribution in [0.15, 0.2) is 39.7 Å². The summed E-state index contributed by atoms with van der Waals surface area (Å²) in [5, 5.41) is 10.7. The van der Waals surface area contributed by atoms with Crippen LogP contribution in [-0.4, -0.2) is 41.1 Å². The highest BCUT2D eigenvalue weighted by atomic mass is 35.5. The number of nitrogens with zero attached hydrogens (tertiary/aromatic N) is 1. The number of methoxy groups -OCH3 is 1. The van der Waals surface area contributed by atoms with Gasteiger partial charge in [-0.25, -0.2) is 4.79 Å². The molecule has 29 heavy (non-hydrogen) atoms. The Bertz CT molecular complexity index is 1060. The van der Waals surface area contributed by atoms with Crippen molar-refractivity contribution in [2.24, 2.45) is 0 Å². The zero-order chi connectivity index (χ0) is 21.3. The van der Waals surface area contributed by atoms with Crippen LogP contribution in [0.1, 0.15) is 23.0 Å². The number of amides is 2. The fraction of sp³-hybridized carbons (Fsp3) is 0.158. The lowest BCUT2D eigenvalue weighted by molar-refractivity contribution is -0.255. The molecule has 0 bridgehead atoms. The number of hydrogen-bond acceptors (Lipinski definition) is 8. The molecule has 2 aromatic rings. The van der Waals surface area contributed by atoms with Crippen LogP contribution in [0.5, 0.6) is 0 Å². The standard InChI is InChI=1S/C19H14ClNO7S/c1-9(18(25)27-2)21-16(22)15(29-19(21)26)8-11-4-6-14(28-11)12-7-10(17(23)24)3-5-13(12)20/h3-9H,1-2H3,(H,23,24)/p-1/b15-8-/t9-/m1/s1. The van der Waals surface area contributed by atoms with Gasteiger partial charge in [0, 0.05) is 11.6 Å². The number of aromatic carboxylic acids is 1. The molecule has 2 heterocycles. The second kappa shape index (κ2) is 8.14. The minimum absolute atomic E-state index is 0.0692. The quantitative estimate of drug-likeness (QED) is 0.520. The van der Waals surface area contributed by atoms with Crippen molar-refractivity contribution in [3.8, 4) is 11.3 Å². The van der Waals surface area contributed by atoms with E-state index in [1.807, 2.05) is 0 Å². The number of carboxylic acids is 1. The van der Waals surface area contributed by atoms with Crippen molar-refractivity contribution in [2.45, 2.75) is 13.0 Å². The first-order valence-corrected chi connectivity index (χ1v) is 9.38. The highest BCUT2D eigenvalue weighted by Gasteiger charge is 2.41. The monoisotopic (exact) mass is 434 g/mol. The largest absolute Gasteiger partial charge is 0.545 e. The normalized spacial score (nSPS) is 16.4. The smallest absolute Gasteiger partial charge is 0.328 e. The van der Waals surface area contributed by atoms with E-state index < -0.39 is 29.1 Å². The zero-order valence-electron chi connectivity index (χ0n) is 15.1. The van der Waals surface area contributed by atoms with E-state index in [0.29, 0.717) is 17.3 Å². The van der Waals surface area contributed by atoms with Crippen LogP contribution in [-0.2, 0) is 14.3 Å². The summed E-state index contributed by atoms with van der Waals surface area (Å²) in [6.07, 6.45) is 1.36. The topological polar surface area (TPSA) is 117 Å². The van der Waals surface area contributed by atoms with E-state index in [1.54, 1.807) is 6.07 Å². The zero-order valence-corrected chi connectivity index (χ0v) is 16.7. The van der Waals surface area contributed by atoms with Gasteiger partial charge >= 0.3 is 5.97 Å². The Labute approximate surface area is 174 Å². The fourth-order valence-corrected chi connectivity index (χ4v) is 3.73. The maximum absolute atomic E-state index is 12.5. The molecule has 10 heteroatoms. The van der Waals surface area contributed by atoms with Crippen molar-refractivity contribution in [3.63, 3.8) is 0 Å². The van der Waals surface area contributed by atoms with Crippen LogP contribution in [0, 0.1) is 0 Å². The lowest BCUT2D eigenvalue weighted by Crippen LogP contribution is -2.42. The minimum atomic E-state index is -1.36. The van der Waals surface area contributed by atoms with Gasteiger partial charge in [0.2, 0.25) is 0 Å². The van der Waals surface area contributed by atoms with Crippen molar-refractivity contribution >= 4 is 52.5 Å². The predicted octanol–water partition coefficient (Wildman–Crippen LogP) is 2.56. The van der Waals surface area contributed by atoms with Crippen molar-refractivity contribution < 1.29 is 33.4 Å². The molecule has 8 nitrogen and oxygen atoms in total. The Kier molecular flexibility index (Phi) is 5.81. The number of halogens is 1. The SMILES string of the molecule is COC(=O)[C@@H](C)N1C(=O)S/C(=C\c2ccc(-c3cc(C(=O)[O-])ccc3Cl)o2)C1=O. The Morgan fingerprint density at radius 2 is 2.00 bits per heavy atom. The molecule has 0 aliphatic carbocycles. The number of benzene rings is 1. The maximum Gasteiger partial charge on any atom is 0.328 e. The summed E-state index contributed by atoms with van der Waals surface area (Å²) in [6, 6.07) is 6.05. The third kappa shape index (κ3) is 4.06. The van der Waals surface area contributed by atoms with Crippen LogP contribution >= 0.6 is 23.4 Å². The number of rotatable bonds is 5. The Morgan fingerprint density at radius 1 is 1.28 bits per heavy atom. The summed E-state index contributed by atoms with van der Waals surface area (Å²) in [5.41, 5.74) is 0.265. The number of carbonyl (C=O) groups excluding carboxylic acids is 4. The van der Waals surface area contributed by atoms with Crippen molar-refractivity contribution in [3.05, 3.63) is 51.6 Å². The molecular weight excluding hydrogens is 422 g/mol. The van der Waals surface area contributed by atoms with E-state index in [9.17, 15) is 24.3 Å². The highest BCUT2D eigenvalue weighted by molar-refractivity contribution is 8.18. The number of thioether (sulfide) groups is 1. The number of hydrogen-bond donors (Lipinski definition) is 0. The molecule has 150 valence electrons. The summed E-state index contributed by atoms with van der Waals surface area (Å²) < 4.78 is 10.2. The average Bonchev–Trinajstić information content (AvgIpc) is 3.25. The maximum atomic E-state index is 12.5. The molecule has 2 amide bonds. The summed E-state index contributed by atoms with van der Waals surface area (Å²) in [6.45, 7) is 1.39. The molecule has 0 N–H and O–H groups in total. The Balaban J connectivity index is 1.89. The number of carbonyl (C=O) groups is 4. The van der Waals surface area contributed by atoms with Gasteiger partial charge in [-0.2, -0.15) is 0 Å². The predicted molar refractivity (Wildman–Crippen MR) is 103 cm³/mol. The van der Waals surface area contributed by atoms with Gasteiger partial charge in [0.05, 0.1) is 23.0 Å². The fourth-order valence-electron chi connectivity index (χ4n) is 2.64. The molecule has 1 aromatic carbocycles. The number of esters is 1. The first kappa shape index (κ1) is 20.7. The molecule has 0 unspecified atom stereocenters. The van der Waals surface area contributed by atoms with E-state index in [0.717, 1.165) is 4.90 Å². The van der Waals surface area contributed by atoms with Crippen molar-refractivity contribution in [1.82, 2.24) is 4.90 Å². The van der Waals surface area contributed by atoms with E-state index in [1.165, 1.54) is 44.4 Å². The Hall–Kier alpha value is -3.04. The Morgan fingerprint density at radius 3 is 2.66 bits per heavy atom. The lowest BCUT2D eigenvalue weighted by Gasteiger charge is -2.18. The van der Waals surface area contributed by atoms with Gasteiger partial charge in [-0.15, -0.1) is 0 Å². The van der Waals surface area contributed by atoms with Gasteiger partial charge in [0.15, 0.2) is 0 Å². The summed E-state index contributed by atoms with van der Waals surface area (Å²) >= 11 is 6.78. The van der Waals surface area contributed by atoms with Gasteiger partial charge in [-0.1, -0.05) is 17.7 Å². The van der Waals surface area contributed by atoms with Crippen molar-refractivity contribution in [2.75, 3.05) is 7.11 Å².